The summed E-state index contributed by atoms with van der Waals surface area (Å²) in [7, 11) is 0. The standard InChI is InChI=1S/C12H18N4/c1-4-6-7-12(14-13)10-8-9(3)15-16-11(10)5-2/h8,12,14H,5,7,13H2,1-3H3. The molecule has 0 saturated heterocycles. The van der Waals surface area contributed by atoms with Gasteiger partial charge in [-0.1, -0.05) is 6.92 Å². The minimum atomic E-state index is 0.0246. The summed E-state index contributed by atoms with van der Waals surface area (Å²) in [4.78, 5) is 0. The topological polar surface area (TPSA) is 63.8 Å². The van der Waals surface area contributed by atoms with Gasteiger partial charge in [0.05, 0.1) is 17.4 Å². The quantitative estimate of drug-likeness (QED) is 0.454. The number of nitrogens with two attached hydrogens (primary N) is 1. The van der Waals surface area contributed by atoms with Crippen molar-refractivity contribution in [3.8, 4) is 11.8 Å². The van der Waals surface area contributed by atoms with Crippen LogP contribution in [-0.4, -0.2) is 10.2 Å². The summed E-state index contributed by atoms with van der Waals surface area (Å²) in [6.07, 6.45) is 1.53. The van der Waals surface area contributed by atoms with Gasteiger partial charge in [0.15, 0.2) is 0 Å². The van der Waals surface area contributed by atoms with Crippen LogP contribution in [-0.2, 0) is 6.42 Å². The van der Waals surface area contributed by atoms with Crippen LogP contribution in [0.25, 0.3) is 0 Å². The molecule has 0 spiro atoms. The van der Waals surface area contributed by atoms with E-state index in [1.165, 1.54) is 0 Å². The Morgan fingerprint density at radius 2 is 2.25 bits per heavy atom. The SMILES string of the molecule is CC#CCC(NN)c1cc(C)nnc1CC. The number of hydrazine groups is 1. The predicted molar refractivity (Wildman–Crippen MR) is 64.3 cm³/mol. The Morgan fingerprint density at radius 1 is 1.50 bits per heavy atom. The number of hydrogen-bond donors (Lipinski definition) is 2. The fourth-order valence-electron chi connectivity index (χ4n) is 1.57. The van der Waals surface area contributed by atoms with Crippen LogP contribution >= 0.6 is 0 Å². The summed E-state index contributed by atoms with van der Waals surface area (Å²) >= 11 is 0. The van der Waals surface area contributed by atoms with E-state index in [4.69, 9.17) is 5.84 Å². The molecule has 1 aromatic rings. The zero-order chi connectivity index (χ0) is 12.0. The normalized spacial score (nSPS) is 11.8. The third kappa shape index (κ3) is 3.02. The van der Waals surface area contributed by atoms with Gasteiger partial charge in [-0.05, 0) is 31.9 Å². The molecule has 0 radical (unpaired) electrons. The molecule has 4 nitrogen and oxygen atoms in total. The molecule has 0 aromatic carbocycles. The lowest BCUT2D eigenvalue weighted by molar-refractivity contribution is 0.556. The third-order valence-corrected chi connectivity index (χ3v) is 2.42. The van der Waals surface area contributed by atoms with Crippen molar-refractivity contribution in [2.75, 3.05) is 0 Å². The number of nitrogens with one attached hydrogen (secondary N) is 1. The molecule has 4 heteroatoms. The van der Waals surface area contributed by atoms with Crippen LogP contribution in [0.5, 0.6) is 0 Å². The van der Waals surface area contributed by atoms with Crippen LogP contribution in [0.1, 0.15) is 43.3 Å². The number of aromatic nitrogens is 2. The Kier molecular flexibility index (Phi) is 4.90. The summed E-state index contributed by atoms with van der Waals surface area (Å²) in [5.41, 5.74) is 5.76. The first-order valence-electron chi connectivity index (χ1n) is 5.41. The maximum Gasteiger partial charge on any atom is 0.0677 e. The number of aryl methyl sites for hydroxylation is 2. The third-order valence-electron chi connectivity index (χ3n) is 2.42. The van der Waals surface area contributed by atoms with E-state index in [1.54, 1.807) is 0 Å². The van der Waals surface area contributed by atoms with Gasteiger partial charge in [0, 0.05) is 6.42 Å². The summed E-state index contributed by atoms with van der Waals surface area (Å²) in [6.45, 7) is 5.81. The molecule has 1 unspecified atom stereocenters. The van der Waals surface area contributed by atoms with E-state index >= 15 is 0 Å². The first-order valence-corrected chi connectivity index (χ1v) is 5.41. The van der Waals surface area contributed by atoms with E-state index in [9.17, 15) is 0 Å². The highest BCUT2D eigenvalue weighted by atomic mass is 15.2. The highest BCUT2D eigenvalue weighted by Crippen LogP contribution is 2.19. The molecule has 0 bridgehead atoms. The molecule has 0 amide bonds. The maximum absolute atomic E-state index is 5.55. The minimum Gasteiger partial charge on any atom is -0.271 e. The molecule has 1 rings (SSSR count). The van der Waals surface area contributed by atoms with Crippen molar-refractivity contribution in [1.29, 1.82) is 0 Å². The Hall–Kier alpha value is -1.44. The van der Waals surface area contributed by atoms with Crippen molar-refractivity contribution in [3.63, 3.8) is 0 Å². The van der Waals surface area contributed by atoms with Crippen molar-refractivity contribution in [2.45, 2.75) is 39.7 Å². The lowest BCUT2D eigenvalue weighted by atomic mass is 10.0. The van der Waals surface area contributed by atoms with E-state index in [2.05, 4.69) is 34.4 Å². The van der Waals surface area contributed by atoms with E-state index in [0.717, 1.165) is 23.4 Å². The monoisotopic (exact) mass is 218 g/mol. The van der Waals surface area contributed by atoms with Crippen LogP contribution in [0.4, 0.5) is 0 Å². The smallest absolute Gasteiger partial charge is 0.0677 e. The lowest BCUT2D eigenvalue weighted by Gasteiger charge is -2.16. The minimum absolute atomic E-state index is 0.0246. The maximum atomic E-state index is 5.55. The number of nitrogens with zero attached hydrogens (tertiary/aromatic N) is 2. The van der Waals surface area contributed by atoms with Gasteiger partial charge < -0.3 is 0 Å². The number of hydrogen-bond acceptors (Lipinski definition) is 4. The zero-order valence-corrected chi connectivity index (χ0v) is 10.0. The first-order chi connectivity index (χ1) is 7.72. The molecule has 0 aliphatic heterocycles. The molecular weight excluding hydrogens is 200 g/mol. The molecule has 1 aromatic heterocycles. The molecular formula is C12H18N4. The van der Waals surface area contributed by atoms with Crippen molar-refractivity contribution < 1.29 is 0 Å². The van der Waals surface area contributed by atoms with Gasteiger partial charge >= 0.3 is 0 Å². The van der Waals surface area contributed by atoms with Crippen LogP contribution in [0.15, 0.2) is 6.07 Å². The molecule has 86 valence electrons. The second-order valence-electron chi connectivity index (χ2n) is 3.59. The van der Waals surface area contributed by atoms with Crippen molar-refractivity contribution in [3.05, 3.63) is 23.0 Å². The Bertz CT molecular complexity index is 403. The van der Waals surface area contributed by atoms with E-state index in [-0.39, 0.29) is 6.04 Å². The molecule has 16 heavy (non-hydrogen) atoms. The summed E-state index contributed by atoms with van der Waals surface area (Å²) in [6, 6.07) is 2.05. The molecule has 3 N–H and O–H groups in total. The van der Waals surface area contributed by atoms with Crippen molar-refractivity contribution in [1.82, 2.24) is 15.6 Å². The van der Waals surface area contributed by atoms with Gasteiger partial charge in [0.1, 0.15) is 0 Å². The van der Waals surface area contributed by atoms with Gasteiger partial charge in [-0.3, -0.25) is 11.3 Å². The van der Waals surface area contributed by atoms with Crippen LogP contribution < -0.4 is 11.3 Å². The average Bonchev–Trinajstić information content (AvgIpc) is 2.30. The molecule has 0 aliphatic rings. The second kappa shape index (κ2) is 6.21. The highest BCUT2D eigenvalue weighted by Gasteiger charge is 2.14. The lowest BCUT2D eigenvalue weighted by Crippen LogP contribution is -2.29. The van der Waals surface area contributed by atoms with Crippen molar-refractivity contribution in [2.24, 2.45) is 5.84 Å². The largest absolute Gasteiger partial charge is 0.271 e. The van der Waals surface area contributed by atoms with Crippen LogP contribution in [0.2, 0.25) is 0 Å². The van der Waals surface area contributed by atoms with Gasteiger partial charge in [-0.15, -0.1) is 11.8 Å². The fraction of sp³-hybridized carbons (Fsp3) is 0.500. The molecule has 0 fully saturated rings. The van der Waals surface area contributed by atoms with Crippen molar-refractivity contribution >= 4 is 0 Å². The predicted octanol–water partition coefficient (Wildman–Crippen LogP) is 1.27. The van der Waals surface area contributed by atoms with E-state index < -0.39 is 0 Å². The zero-order valence-electron chi connectivity index (χ0n) is 10.0. The molecule has 1 atom stereocenters. The Morgan fingerprint density at radius 3 is 2.81 bits per heavy atom. The number of rotatable bonds is 4. The van der Waals surface area contributed by atoms with E-state index in [0.29, 0.717) is 6.42 Å². The van der Waals surface area contributed by atoms with Gasteiger partial charge in [-0.25, -0.2) is 0 Å². The summed E-state index contributed by atoms with van der Waals surface area (Å²) in [5, 5.41) is 8.23. The van der Waals surface area contributed by atoms with Gasteiger partial charge in [0.2, 0.25) is 0 Å². The molecule has 1 heterocycles. The highest BCUT2D eigenvalue weighted by molar-refractivity contribution is 5.26. The summed E-state index contributed by atoms with van der Waals surface area (Å²) < 4.78 is 0. The van der Waals surface area contributed by atoms with Gasteiger partial charge in [0.25, 0.3) is 0 Å². The fourth-order valence-corrected chi connectivity index (χ4v) is 1.57. The van der Waals surface area contributed by atoms with Crippen LogP contribution in [0, 0.1) is 18.8 Å². The molecule has 0 saturated carbocycles. The Labute approximate surface area is 96.6 Å². The molecule has 0 aliphatic carbocycles. The van der Waals surface area contributed by atoms with E-state index in [1.807, 2.05) is 19.9 Å². The van der Waals surface area contributed by atoms with Gasteiger partial charge in [-0.2, -0.15) is 10.2 Å². The average molecular weight is 218 g/mol. The Balaban J connectivity index is 3.04. The summed E-state index contributed by atoms with van der Waals surface area (Å²) in [5.74, 6) is 11.5. The first kappa shape index (κ1) is 12.6. The second-order valence-corrected chi connectivity index (χ2v) is 3.59. The van der Waals surface area contributed by atoms with Crippen LogP contribution in [0.3, 0.4) is 0 Å².